The molecule has 2 N–H and O–H groups in total. The number of nitrogens with zero attached hydrogens (tertiary/aromatic N) is 4. The molecular formula is C18H15ClN6O. The van der Waals surface area contributed by atoms with Crippen molar-refractivity contribution in [2.45, 2.75) is 13.1 Å². The Morgan fingerprint density at radius 1 is 1.23 bits per heavy atom. The van der Waals surface area contributed by atoms with Gasteiger partial charge in [-0.05, 0) is 37.3 Å². The van der Waals surface area contributed by atoms with E-state index in [1.165, 1.54) is 10.6 Å². The predicted molar refractivity (Wildman–Crippen MR) is 102 cm³/mol. The first kappa shape index (κ1) is 16.3. The van der Waals surface area contributed by atoms with Crippen molar-refractivity contribution in [3.63, 3.8) is 0 Å². The molecule has 7 nitrogen and oxygen atoms in total. The molecule has 1 unspecified atom stereocenters. The Hall–Kier alpha value is -3.19. The maximum Gasteiger partial charge on any atom is 0.257 e. The van der Waals surface area contributed by atoms with Gasteiger partial charge in [-0.15, -0.1) is 0 Å². The zero-order valence-electron chi connectivity index (χ0n) is 13.8. The molecule has 4 rings (SSSR count). The normalized spacial score (nSPS) is 15.6. The quantitative estimate of drug-likeness (QED) is 0.728. The largest absolute Gasteiger partial charge is 0.326 e. The second kappa shape index (κ2) is 6.61. The highest BCUT2D eigenvalue weighted by Gasteiger charge is 2.25. The maximum absolute atomic E-state index is 12.5. The van der Waals surface area contributed by atoms with Gasteiger partial charge in [0.1, 0.15) is 0 Å². The molecule has 3 aromatic rings. The summed E-state index contributed by atoms with van der Waals surface area (Å²) < 4.78 is 1.51. The van der Waals surface area contributed by atoms with Crippen molar-refractivity contribution < 1.29 is 0 Å². The van der Waals surface area contributed by atoms with Gasteiger partial charge in [-0.3, -0.25) is 19.7 Å². The summed E-state index contributed by atoms with van der Waals surface area (Å²) in [6.07, 6.45) is 2.81. The Morgan fingerprint density at radius 2 is 2.04 bits per heavy atom. The molecule has 1 aliphatic heterocycles. The number of pyridine rings is 1. The van der Waals surface area contributed by atoms with Crippen LogP contribution in [0.5, 0.6) is 0 Å². The summed E-state index contributed by atoms with van der Waals surface area (Å²) in [6.45, 7) is 1.78. The van der Waals surface area contributed by atoms with Gasteiger partial charge in [-0.2, -0.15) is 0 Å². The summed E-state index contributed by atoms with van der Waals surface area (Å²) >= 11 is 5.93. The summed E-state index contributed by atoms with van der Waals surface area (Å²) in [4.78, 5) is 25.8. The molecule has 8 heteroatoms. The monoisotopic (exact) mass is 366 g/mol. The first-order valence-electron chi connectivity index (χ1n) is 7.98. The zero-order valence-corrected chi connectivity index (χ0v) is 14.6. The van der Waals surface area contributed by atoms with Crippen molar-refractivity contribution in [3.05, 3.63) is 81.5 Å². The lowest BCUT2D eigenvalue weighted by Crippen LogP contribution is -2.37. The molecule has 0 spiro atoms. The van der Waals surface area contributed by atoms with Gasteiger partial charge >= 0.3 is 0 Å². The molecule has 1 aromatic carbocycles. The van der Waals surface area contributed by atoms with E-state index < -0.39 is 6.17 Å². The molecule has 3 heterocycles. The molecule has 1 atom stereocenters. The third-order valence-corrected chi connectivity index (χ3v) is 4.15. The highest BCUT2D eigenvalue weighted by Crippen LogP contribution is 2.25. The molecular weight excluding hydrogens is 352 g/mol. The first-order chi connectivity index (χ1) is 12.6. The number of aromatic nitrogens is 3. The average Bonchev–Trinajstić information content (AvgIpc) is 2.63. The maximum atomic E-state index is 12.5. The fraction of sp³-hybridized carbons (Fsp3) is 0.111. The van der Waals surface area contributed by atoms with Gasteiger partial charge in [0.15, 0.2) is 6.17 Å². The number of hydrogen-bond acceptors (Lipinski definition) is 6. The lowest BCUT2D eigenvalue weighted by Gasteiger charge is -2.26. The zero-order chi connectivity index (χ0) is 18.1. The lowest BCUT2D eigenvalue weighted by atomic mass is 10.2. The fourth-order valence-electron chi connectivity index (χ4n) is 2.73. The minimum atomic E-state index is -0.560. The minimum absolute atomic E-state index is 0.178. The van der Waals surface area contributed by atoms with E-state index in [1.54, 1.807) is 31.5 Å². The number of anilines is 2. The van der Waals surface area contributed by atoms with Gasteiger partial charge in [0, 0.05) is 40.4 Å². The SMILES string of the molecule is Cc1cc(=O)n2c(n1)NC(Nc1ccc(Cl)cc1)=NC2c1cccnc1. The topological polar surface area (TPSA) is 84.2 Å². The van der Waals surface area contributed by atoms with Crippen LogP contribution in [0, 0.1) is 6.92 Å². The van der Waals surface area contributed by atoms with Crippen LogP contribution in [0.25, 0.3) is 0 Å². The number of aryl methyl sites for hydroxylation is 1. The third kappa shape index (κ3) is 3.16. The van der Waals surface area contributed by atoms with E-state index in [2.05, 4.69) is 25.6 Å². The Kier molecular flexibility index (Phi) is 4.14. The number of hydrogen-bond donors (Lipinski definition) is 2. The van der Waals surface area contributed by atoms with Crippen molar-refractivity contribution in [1.82, 2.24) is 14.5 Å². The molecule has 130 valence electrons. The van der Waals surface area contributed by atoms with Gasteiger partial charge in [0.05, 0.1) is 0 Å². The van der Waals surface area contributed by atoms with Crippen LogP contribution in [0.15, 0.2) is 64.6 Å². The van der Waals surface area contributed by atoms with Gasteiger partial charge in [-0.1, -0.05) is 17.7 Å². The molecule has 0 saturated heterocycles. The Morgan fingerprint density at radius 3 is 2.77 bits per heavy atom. The van der Waals surface area contributed by atoms with E-state index in [0.29, 0.717) is 22.6 Å². The number of rotatable bonds is 2. The van der Waals surface area contributed by atoms with E-state index in [-0.39, 0.29) is 5.56 Å². The van der Waals surface area contributed by atoms with Crippen LogP contribution in [0.1, 0.15) is 17.4 Å². The van der Waals surface area contributed by atoms with Gasteiger partial charge in [0.2, 0.25) is 11.9 Å². The van der Waals surface area contributed by atoms with Gasteiger partial charge in [0.25, 0.3) is 5.56 Å². The highest BCUT2D eigenvalue weighted by atomic mass is 35.5. The molecule has 2 aromatic heterocycles. The predicted octanol–water partition coefficient (Wildman–Crippen LogP) is 3.04. The second-order valence-electron chi connectivity index (χ2n) is 5.82. The fourth-order valence-corrected chi connectivity index (χ4v) is 2.86. The summed E-state index contributed by atoms with van der Waals surface area (Å²) in [7, 11) is 0. The van der Waals surface area contributed by atoms with Crippen molar-refractivity contribution >= 4 is 29.2 Å². The number of fused-ring (bicyclic) bond motifs is 1. The number of benzene rings is 1. The van der Waals surface area contributed by atoms with Crippen molar-refractivity contribution in [2.24, 2.45) is 4.99 Å². The Bertz CT molecular complexity index is 1030. The van der Waals surface area contributed by atoms with Gasteiger partial charge in [-0.25, -0.2) is 9.98 Å². The van der Waals surface area contributed by atoms with E-state index in [4.69, 9.17) is 11.6 Å². The minimum Gasteiger partial charge on any atom is -0.326 e. The van der Waals surface area contributed by atoms with Crippen LogP contribution < -0.4 is 16.2 Å². The first-order valence-corrected chi connectivity index (χ1v) is 8.35. The molecule has 0 fully saturated rings. The number of guanidine groups is 1. The van der Waals surface area contributed by atoms with Crippen LogP contribution in [-0.4, -0.2) is 20.5 Å². The number of halogens is 1. The second-order valence-corrected chi connectivity index (χ2v) is 6.26. The summed E-state index contributed by atoms with van der Waals surface area (Å²) in [5.74, 6) is 0.911. The lowest BCUT2D eigenvalue weighted by molar-refractivity contribution is 0.575. The third-order valence-electron chi connectivity index (χ3n) is 3.90. The molecule has 0 amide bonds. The number of aliphatic imine (C=N–C) groups is 1. The number of nitrogens with one attached hydrogen (secondary N) is 2. The Balaban J connectivity index is 1.78. The van der Waals surface area contributed by atoms with E-state index >= 15 is 0 Å². The summed E-state index contributed by atoms with van der Waals surface area (Å²) in [5, 5.41) is 6.92. The molecule has 0 radical (unpaired) electrons. The molecule has 26 heavy (non-hydrogen) atoms. The molecule has 0 bridgehead atoms. The summed E-state index contributed by atoms with van der Waals surface area (Å²) in [5.41, 5.74) is 2.06. The van der Waals surface area contributed by atoms with Gasteiger partial charge < -0.3 is 5.32 Å². The molecule has 0 saturated carbocycles. The van der Waals surface area contributed by atoms with Crippen molar-refractivity contribution in [2.75, 3.05) is 10.6 Å². The van der Waals surface area contributed by atoms with E-state index in [1.807, 2.05) is 24.3 Å². The molecule has 1 aliphatic rings. The van der Waals surface area contributed by atoms with E-state index in [0.717, 1.165) is 11.3 Å². The smallest absolute Gasteiger partial charge is 0.257 e. The molecule has 0 aliphatic carbocycles. The summed E-state index contributed by atoms with van der Waals surface area (Å²) in [6, 6.07) is 12.4. The van der Waals surface area contributed by atoms with Crippen LogP contribution >= 0.6 is 11.6 Å². The Labute approximate surface area is 154 Å². The van der Waals surface area contributed by atoms with Crippen LogP contribution in [0.3, 0.4) is 0 Å². The van der Waals surface area contributed by atoms with Crippen LogP contribution in [-0.2, 0) is 0 Å². The standard InChI is InChI=1S/C18H15ClN6O/c1-11-9-15(26)25-16(12-3-2-8-20-10-12)23-17(24-18(25)21-11)22-14-6-4-13(19)5-7-14/h2-10,16H,1H3,(H2,21,22,23,24). The van der Waals surface area contributed by atoms with Crippen molar-refractivity contribution in [1.29, 1.82) is 0 Å². The van der Waals surface area contributed by atoms with E-state index in [9.17, 15) is 4.79 Å². The average molecular weight is 367 g/mol. The van der Waals surface area contributed by atoms with Crippen LogP contribution in [0.2, 0.25) is 5.02 Å². The highest BCUT2D eigenvalue weighted by molar-refractivity contribution is 6.30. The van der Waals surface area contributed by atoms with Crippen LogP contribution in [0.4, 0.5) is 11.6 Å². The van der Waals surface area contributed by atoms with Crippen molar-refractivity contribution in [3.8, 4) is 0 Å².